The minimum absolute atomic E-state index is 0.0639. The van der Waals surface area contributed by atoms with Gasteiger partial charge in [0.15, 0.2) is 0 Å². The normalized spacial score (nSPS) is 10.6. The molecule has 7 nitrogen and oxygen atoms in total. The molecule has 0 fully saturated rings. The number of amides is 1. The average Bonchev–Trinajstić information content (AvgIpc) is 3.00. The lowest BCUT2D eigenvalue weighted by atomic mass is 10.1. The Morgan fingerprint density at radius 3 is 2.26 bits per heavy atom. The first-order valence-corrected chi connectivity index (χ1v) is 6.57. The summed E-state index contributed by atoms with van der Waals surface area (Å²) in [6.45, 7) is 0.0639. The second-order valence-corrected chi connectivity index (χ2v) is 4.55. The molecule has 7 heteroatoms. The fourth-order valence-corrected chi connectivity index (χ4v) is 1.73. The van der Waals surface area contributed by atoms with Crippen LogP contribution in [-0.4, -0.2) is 28.1 Å². The quantitative estimate of drug-likeness (QED) is 0.702. The zero-order chi connectivity index (χ0) is 16.8. The molecule has 0 aliphatic carbocycles. The van der Waals surface area contributed by atoms with E-state index in [0.717, 1.165) is 0 Å². The van der Waals surface area contributed by atoms with E-state index in [1.165, 1.54) is 36.4 Å². The Balaban J connectivity index is 1.88. The summed E-state index contributed by atoms with van der Waals surface area (Å²) in [5, 5.41) is 20.0. The van der Waals surface area contributed by atoms with Crippen LogP contribution in [0, 0.1) is 0 Å². The Morgan fingerprint density at radius 2 is 1.70 bits per heavy atom. The zero-order valence-corrected chi connectivity index (χ0v) is 11.9. The Kier molecular flexibility index (Phi) is 4.93. The van der Waals surface area contributed by atoms with Crippen molar-refractivity contribution in [2.45, 2.75) is 6.54 Å². The number of furan rings is 1. The van der Waals surface area contributed by atoms with Gasteiger partial charge in [0.1, 0.15) is 5.76 Å². The third kappa shape index (κ3) is 4.57. The molecule has 0 spiro atoms. The monoisotopic (exact) mass is 315 g/mol. The summed E-state index contributed by atoms with van der Waals surface area (Å²) in [6, 6.07) is 8.83. The highest BCUT2D eigenvalue weighted by Crippen LogP contribution is 2.08. The molecule has 2 rings (SSSR count). The van der Waals surface area contributed by atoms with Crippen molar-refractivity contribution in [3.8, 4) is 0 Å². The van der Waals surface area contributed by atoms with E-state index in [9.17, 15) is 14.4 Å². The van der Waals surface area contributed by atoms with Gasteiger partial charge in [-0.05, 0) is 35.9 Å². The predicted molar refractivity (Wildman–Crippen MR) is 79.9 cm³/mol. The van der Waals surface area contributed by atoms with Crippen LogP contribution >= 0.6 is 0 Å². The Morgan fingerprint density at radius 1 is 1.00 bits per heavy atom. The molecule has 23 heavy (non-hydrogen) atoms. The molecule has 1 amide bonds. The molecular formula is C16H13NO6. The lowest BCUT2D eigenvalue weighted by Gasteiger charge is -1.99. The summed E-state index contributed by atoms with van der Waals surface area (Å²) >= 11 is 0. The van der Waals surface area contributed by atoms with Gasteiger partial charge in [-0.1, -0.05) is 12.1 Å². The summed E-state index contributed by atoms with van der Waals surface area (Å²) < 4.78 is 5.00. The number of carbonyl (C=O) groups is 3. The smallest absolute Gasteiger partial charge is 0.371 e. The van der Waals surface area contributed by atoms with Crippen LogP contribution in [0.25, 0.3) is 6.08 Å². The van der Waals surface area contributed by atoms with Gasteiger partial charge in [-0.25, -0.2) is 9.59 Å². The number of rotatable bonds is 6. The summed E-state index contributed by atoms with van der Waals surface area (Å²) in [5.74, 6) is -2.44. The van der Waals surface area contributed by atoms with Crippen LogP contribution in [0.15, 0.2) is 46.9 Å². The molecule has 2 aromatic rings. The molecule has 0 aliphatic rings. The van der Waals surface area contributed by atoms with E-state index in [4.69, 9.17) is 14.6 Å². The summed E-state index contributed by atoms with van der Waals surface area (Å²) in [4.78, 5) is 33.0. The number of carboxylic acid groups (broad SMARTS) is 2. The molecule has 0 aliphatic heterocycles. The molecule has 0 saturated heterocycles. The Hall–Kier alpha value is -3.35. The summed E-state index contributed by atoms with van der Waals surface area (Å²) in [7, 11) is 0. The average molecular weight is 315 g/mol. The highest BCUT2D eigenvalue weighted by atomic mass is 16.4. The second kappa shape index (κ2) is 7.08. The maximum absolute atomic E-state index is 11.7. The van der Waals surface area contributed by atoms with Crippen LogP contribution < -0.4 is 5.32 Å². The lowest BCUT2D eigenvalue weighted by molar-refractivity contribution is -0.116. The van der Waals surface area contributed by atoms with Crippen LogP contribution in [0.3, 0.4) is 0 Å². The molecular weight excluding hydrogens is 302 g/mol. The summed E-state index contributed by atoms with van der Waals surface area (Å²) in [5.41, 5.74) is 0.843. The number of benzene rings is 1. The number of aromatic carboxylic acids is 2. The largest absolute Gasteiger partial charge is 0.478 e. The first kappa shape index (κ1) is 16.0. The first-order chi connectivity index (χ1) is 11.0. The van der Waals surface area contributed by atoms with E-state index in [1.807, 2.05) is 0 Å². The van der Waals surface area contributed by atoms with Crippen LogP contribution in [0.4, 0.5) is 0 Å². The van der Waals surface area contributed by atoms with Gasteiger partial charge >= 0.3 is 11.9 Å². The van der Waals surface area contributed by atoms with E-state index < -0.39 is 11.9 Å². The van der Waals surface area contributed by atoms with E-state index in [-0.39, 0.29) is 23.8 Å². The fourth-order valence-electron chi connectivity index (χ4n) is 1.73. The van der Waals surface area contributed by atoms with Crippen molar-refractivity contribution in [2.24, 2.45) is 0 Å². The number of carbonyl (C=O) groups excluding carboxylic acids is 1. The highest BCUT2D eigenvalue weighted by molar-refractivity contribution is 5.92. The van der Waals surface area contributed by atoms with Crippen molar-refractivity contribution < 1.29 is 29.0 Å². The molecule has 0 atom stereocenters. The van der Waals surface area contributed by atoms with Crippen molar-refractivity contribution in [3.63, 3.8) is 0 Å². The molecule has 1 heterocycles. The van der Waals surface area contributed by atoms with Crippen LogP contribution in [0.5, 0.6) is 0 Å². The van der Waals surface area contributed by atoms with Crippen molar-refractivity contribution in [1.29, 1.82) is 0 Å². The molecule has 3 N–H and O–H groups in total. The van der Waals surface area contributed by atoms with Gasteiger partial charge in [-0.3, -0.25) is 4.79 Å². The number of nitrogens with one attached hydrogen (secondary N) is 1. The third-order valence-corrected chi connectivity index (χ3v) is 2.89. The standard InChI is InChI=1S/C16H13NO6/c18-14(17-9-12-6-7-13(23-12)16(21)22)8-3-10-1-4-11(5-2-10)15(19)20/h1-8H,9H2,(H,17,18)(H,19,20)(H,21,22). The number of hydrogen-bond acceptors (Lipinski definition) is 4. The first-order valence-electron chi connectivity index (χ1n) is 6.57. The second-order valence-electron chi connectivity index (χ2n) is 4.55. The molecule has 0 unspecified atom stereocenters. The Labute approximate surface area is 130 Å². The highest BCUT2D eigenvalue weighted by Gasteiger charge is 2.09. The maximum Gasteiger partial charge on any atom is 0.371 e. The fraction of sp³-hybridized carbons (Fsp3) is 0.0625. The van der Waals surface area contributed by atoms with E-state index in [0.29, 0.717) is 11.3 Å². The van der Waals surface area contributed by atoms with Gasteiger partial charge in [-0.2, -0.15) is 0 Å². The van der Waals surface area contributed by atoms with Gasteiger partial charge in [0.2, 0.25) is 11.7 Å². The molecule has 118 valence electrons. The van der Waals surface area contributed by atoms with Crippen molar-refractivity contribution >= 4 is 23.9 Å². The van der Waals surface area contributed by atoms with Gasteiger partial charge in [0.05, 0.1) is 12.1 Å². The maximum atomic E-state index is 11.7. The minimum atomic E-state index is -1.17. The summed E-state index contributed by atoms with van der Waals surface area (Å²) in [6.07, 6.45) is 2.82. The van der Waals surface area contributed by atoms with Crippen molar-refractivity contribution in [1.82, 2.24) is 5.32 Å². The molecule has 0 radical (unpaired) electrons. The SMILES string of the molecule is O=C(C=Cc1ccc(C(=O)O)cc1)NCc1ccc(C(=O)O)o1. The molecule has 0 bridgehead atoms. The predicted octanol–water partition coefficient (Wildman–Crippen LogP) is 2.01. The topological polar surface area (TPSA) is 117 Å². The van der Waals surface area contributed by atoms with Gasteiger partial charge in [-0.15, -0.1) is 0 Å². The van der Waals surface area contributed by atoms with Crippen molar-refractivity contribution in [3.05, 3.63) is 65.1 Å². The van der Waals surface area contributed by atoms with E-state index >= 15 is 0 Å². The van der Waals surface area contributed by atoms with Crippen molar-refractivity contribution in [2.75, 3.05) is 0 Å². The van der Waals surface area contributed by atoms with Crippen LogP contribution in [0.2, 0.25) is 0 Å². The van der Waals surface area contributed by atoms with Crippen LogP contribution in [0.1, 0.15) is 32.2 Å². The number of carboxylic acids is 2. The van der Waals surface area contributed by atoms with E-state index in [2.05, 4.69) is 5.32 Å². The number of hydrogen-bond donors (Lipinski definition) is 3. The molecule has 0 saturated carbocycles. The minimum Gasteiger partial charge on any atom is -0.478 e. The van der Waals surface area contributed by atoms with E-state index in [1.54, 1.807) is 12.1 Å². The van der Waals surface area contributed by atoms with Gasteiger partial charge < -0.3 is 19.9 Å². The zero-order valence-electron chi connectivity index (χ0n) is 11.9. The Bertz CT molecular complexity index is 757. The lowest BCUT2D eigenvalue weighted by Crippen LogP contribution is -2.19. The van der Waals surface area contributed by atoms with Gasteiger partial charge in [0, 0.05) is 6.08 Å². The molecule has 1 aromatic heterocycles. The molecule has 1 aromatic carbocycles. The third-order valence-electron chi connectivity index (χ3n) is 2.89. The van der Waals surface area contributed by atoms with Gasteiger partial charge in [0.25, 0.3) is 0 Å². The van der Waals surface area contributed by atoms with Crippen LogP contribution in [-0.2, 0) is 11.3 Å².